The van der Waals surface area contributed by atoms with E-state index in [1.807, 2.05) is 0 Å². The Balaban J connectivity index is 2.40. The van der Waals surface area contributed by atoms with Gasteiger partial charge >= 0.3 is 0 Å². The first-order chi connectivity index (χ1) is 6.71. The van der Waals surface area contributed by atoms with E-state index >= 15 is 0 Å². The first-order valence-corrected chi connectivity index (χ1v) is 6.44. The predicted molar refractivity (Wildman–Crippen MR) is 68.0 cm³/mol. The minimum absolute atomic E-state index is 0.410. The molecule has 0 aromatic carbocycles. The average Bonchev–Trinajstić information content (AvgIpc) is 2.06. The Labute approximate surface area is 96.0 Å². The minimum Gasteiger partial charge on any atom is -0.313 e. The smallest absolute Gasteiger partial charge is 0.00725 e. The fourth-order valence-electron chi connectivity index (χ4n) is 2.40. The summed E-state index contributed by atoms with van der Waals surface area (Å²) in [6, 6.07) is 0.746. The van der Waals surface area contributed by atoms with E-state index < -0.39 is 0 Å². The topological polar surface area (TPSA) is 12.0 Å². The van der Waals surface area contributed by atoms with E-state index in [9.17, 15) is 0 Å². The van der Waals surface area contributed by atoms with Gasteiger partial charge in [0.05, 0.1) is 0 Å². The zero-order chi connectivity index (χ0) is 11.7. The van der Waals surface area contributed by atoms with Gasteiger partial charge in [0.25, 0.3) is 0 Å². The third-order valence-corrected chi connectivity index (χ3v) is 3.98. The number of nitrogens with one attached hydrogen (secondary N) is 1. The number of hydrogen-bond acceptors (Lipinski definition) is 1. The maximum absolute atomic E-state index is 3.74. The molecule has 1 aliphatic carbocycles. The molecular formula is C14H29N. The van der Waals surface area contributed by atoms with Crippen molar-refractivity contribution in [2.45, 2.75) is 66.8 Å². The summed E-state index contributed by atoms with van der Waals surface area (Å²) in [5.74, 6) is 0.880. The van der Waals surface area contributed by atoms with Gasteiger partial charge in [-0.3, -0.25) is 0 Å². The molecule has 0 aromatic rings. The fourth-order valence-corrected chi connectivity index (χ4v) is 2.40. The average molecular weight is 211 g/mol. The highest BCUT2D eigenvalue weighted by Gasteiger charge is 2.33. The molecule has 0 heterocycles. The normalized spacial score (nSPS) is 31.6. The Hall–Kier alpha value is -0.0400. The van der Waals surface area contributed by atoms with Crippen molar-refractivity contribution in [1.29, 1.82) is 0 Å². The lowest BCUT2D eigenvalue weighted by Crippen LogP contribution is -2.43. The van der Waals surface area contributed by atoms with Crippen molar-refractivity contribution in [2.24, 2.45) is 16.7 Å². The summed E-state index contributed by atoms with van der Waals surface area (Å²) in [6.45, 7) is 15.3. The maximum atomic E-state index is 3.74. The summed E-state index contributed by atoms with van der Waals surface area (Å²) < 4.78 is 0. The third kappa shape index (κ3) is 4.14. The first-order valence-electron chi connectivity index (χ1n) is 6.44. The lowest BCUT2D eigenvalue weighted by molar-refractivity contribution is 0.119. The molecule has 0 unspecified atom stereocenters. The zero-order valence-corrected chi connectivity index (χ0v) is 11.5. The molecule has 2 atom stereocenters. The number of rotatable bonds is 2. The van der Waals surface area contributed by atoms with Crippen LogP contribution in [-0.2, 0) is 0 Å². The molecule has 1 fully saturated rings. The molecule has 0 aromatic heterocycles. The van der Waals surface area contributed by atoms with Crippen LogP contribution in [-0.4, -0.2) is 12.6 Å². The van der Waals surface area contributed by atoms with Gasteiger partial charge in [0.15, 0.2) is 0 Å². The van der Waals surface area contributed by atoms with Gasteiger partial charge in [0.1, 0.15) is 0 Å². The van der Waals surface area contributed by atoms with Crippen LogP contribution in [0.1, 0.15) is 60.8 Å². The van der Waals surface area contributed by atoms with Gasteiger partial charge < -0.3 is 5.32 Å². The summed E-state index contributed by atoms with van der Waals surface area (Å²) in [5, 5.41) is 3.74. The minimum atomic E-state index is 0.410. The van der Waals surface area contributed by atoms with Crippen LogP contribution >= 0.6 is 0 Å². The monoisotopic (exact) mass is 211 g/mol. The van der Waals surface area contributed by atoms with Crippen LogP contribution < -0.4 is 5.32 Å². The van der Waals surface area contributed by atoms with Crippen LogP contribution in [0.25, 0.3) is 0 Å². The highest BCUT2D eigenvalue weighted by molar-refractivity contribution is 4.88. The highest BCUT2D eigenvalue weighted by Crippen LogP contribution is 2.40. The molecule has 1 aliphatic rings. The van der Waals surface area contributed by atoms with Gasteiger partial charge in [-0.1, -0.05) is 41.5 Å². The van der Waals surface area contributed by atoms with E-state index in [4.69, 9.17) is 0 Å². The quantitative estimate of drug-likeness (QED) is 0.732. The molecule has 1 rings (SSSR count). The van der Waals surface area contributed by atoms with Crippen molar-refractivity contribution < 1.29 is 0 Å². The van der Waals surface area contributed by atoms with Crippen molar-refractivity contribution in [1.82, 2.24) is 5.32 Å². The Kier molecular flexibility index (Phi) is 3.86. The van der Waals surface area contributed by atoms with Crippen molar-refractivity contribution in [2.75, 3.05) is 6.54 Å². The molecule has 90 valence electrons. The molecule has 1 nitrogen and oxygen atoms in total. The first kappa shape index (κ1) is 13.0. The van der Waals surface area contributed by atoms with Crippen LogP contribution in [0, 0.1) is 16.7 Å². The van der Waals surface area contributed by atoms with Gasteiger partial charge in [0.2, 0.25) is 0 Å². The third-order valence-electron chi connectivity index (χ3n) is 3.98. The highest BCUT2D eigenvalue weighted by atomic mass is 14.9. The second-order valence-electron chi connectivity index (χ2n) is 7.31. The lowest BCUT2D eigenvalue weighted by atomic mass is 9.68. The second kappa shape index (κ2) is 4.45. The Bertz CT molecular complexity index is 200. The van der Waals surface area contributed by atoms with Crippen LogP contribution in [0.2, 0.25) is 0 Å². The molecule has 1 heteroatoms. The SMILES string of the molecule is C[C@H]1CC[C@@H](NCC(C)(C)C)CC1(C)C. The van der Waals surface area contributed by atoms with Gasteiger partial charge in [-0.15, -0.1) is 0 Å². The predicted octanol–water partition coefficient (Wildman–Crippen LogP) is 3.84. The van der Waals surface area contributed by atoms with Crippen LogP contribution in [0.4, 0.5) is 0 Å². The van der Waals surface area contributed by atoms with Crippen LogP contribution in [0.15, 0.2) is 0 Å². The van der Waals surface area contributed by atoms with E-state index in [0.29, 0.717) is 10.8 Å². The van der Waals surface area contributed by atoms with E-state index in [2.05, 4.69) is 46.9 Å². The molecule has 0 saturated heterocycles. The van der Waals surface area contributed by atoms with Crippen molar-refractivity contribution in [3.8, 4) is 0 Å². The largest absolute Gasteiger partial charge is 0.313 e. The second-order valence-corrected chi connectivity index (χ2v) is 7.31. The summed E-state index contributed by atoms with van der Waals surface area (Å²) in [4.78, 5) is 0. The molecule has 0 spiro atoms. The van der Waals surface area contributed by atoms with E-state index in [1.165, 1.54) is 19.3 Å². The van der Waals surface area contributed by atoms with Crippen molar-refractivity contribution in [3.05, 3.63) is 0 Å². The lowest BCUT2D eigenvalue weighted by Gasteiger charge is -2.41. The summed E-state index contributed by atoms with van der Waals surface area (Å²) in [7, 11) is 0. The molecule has 1 saturated carbocycles. The molecule has 0 radical (unpaired) electrons. The van der Waals surface area contributed by atoms with Crippen molar-refractivity contribution >= 4 is 0 Å². The van der Waals surface area contributed by atoms with E-state index in [-0.39, 0.29) is 0 Å². The molecular weight excluding hydrogens is 182 g/mol. The van der Waals surface area contributed by atoms with E-state index in [0.717, 1.165) is 18.5 Å². The van der Waals surface area contributed by atoms with Gasteiger partial charge in [-0.2, -0.15) is 0 Å². The standard InChI is InChI=1S/C14H29N/c1-11-7-8-12(9-14(11,5)6)15-10-13(2,3)4/h11-12,15H,7-10H2,1-6H3/t11-,12+/m0/s1. The van der Waals surface area contributed by atoms with Gasteiger partial charge in [-0.05, 0) is 36.0 Å². The van der Waals surface area contributed by atoms with Crippen molar-refractivity contribution in [3.63, 3.8) is 0 Å². The maximum Gasteiger partial charge on any atom is 0.00725 e. The Morgan fingerprint density at radius 2 is 1.80 bits per heavy atom. The van der Waals surface area contributed by atoms with Gasteiger partial charge in [0, 0.05) is 12.6 Å². The van der Waals surface area contributed by atoms with Crippen LogP contribution in [0.5, 0.6) is 0 Å². The zero-order valence-electron chi connectivity index (χ0n) is 11.5. The summed E-state index contributed by atoms with van der Waals surface area (Å²) in [5.41, 5.74) is 0.932. The molecule has 1 N–H and O–H groups in total. The molecule has 0 aliphatic heterocycles. The van der Waals surface area contributed by atoms with Crippen LogP contribution in [0.3, 0.4) is 0 Å². The molecule has 15 heavy (non-hydrogen) atoms. The fraction of sp³-hybridized carbons (Fsp3) is 1.00. The summed E-state index contributed by atoms with van der Waals surface area (Å²) >= 11 is 0. The summed E-state index contributed by atoms with van der Waals surface area (Å²) in [6.07, 6.45) is 4.08. The molecule has 0 amide bonds. The molecule has 0 bridgehead atoms. The van der Waals surface area contributed by atoms with E-state index in [1.54, 1.807) is 0 Å². The number of hydrogen-bond donors (Lipinski definition) is 1. The Morgan fingerprint density at radius 3 is 2.27 bits per heavy atom. The Morgan fingerprint density at radius 1 is 1.20 bits per heavy atom. The van der Waals surface area contributed by atoms with Gasteiger partial charge in [-0.25, -0.2) is 0 Å².